The van der Waals surface area contributed by atoms with Gasteiger partial charge in [0.25, 0.3) is 0 Å². The Labute approximate surface area is 144 Å². The number of benzene rings is 2. The lowest BCUT2D eigenvalue weighted by Crippen LogP contribution is -2.03. The first-order valence-electron chi connectivity index (χ1n) is 7.95. The summed E-state index contributed by atoms with van der Waals surface area (Å²) in [5.41, 5.74) is 3.17. The predicted molar refractivity (Wildman–Crippen MR) is 98.2 cm³/mol. The summed E-state index contributed by atoms with van der Waals surface area (Å²) in [6.07, 6.45) is 1.89. The van der Waals surface area contributed by atoms with Crippen molar-refractivity contribution in [3.05, 3.63) is 60.4 Å². The molecule has 2 heterocycles. The number of aryl methyl sites for hydroxylation is 1. The van der Waals surface area contributed by atoms with Gasteiger partial charge in [0, 0.05) is 30.1 Å². The largest absolute Gasteiger partial charge is 0.360 e. The predicted octanol–water partition coefficient (Wildman–Crippen LogP) is 4.13. The van der Waals surface area contributed by atoms with Crippen LogP contribution in [0.5, 0.6) is 0 Å². The molecule has 0 saturated carbocycles. The fourth-order valence-electron chi connectivity index (χ4n) is 2.57. The average molecular weight is 335 g/mol. The smallest absolute Gasteiger partial charge is 0.202 e. The van der Waals surface area contributed by atoms with E-state index in [2.05, 4.69) is 30.7 Å². The molecule has 120 valence electrons. The number of rotatable bonds is 6. The van der Waals surface area contributed by atoms with E-state index >= 15 is 0 Å². The minimum Gasteiger partial charge on any atom is -0.360 e. The fraction of sp³-hybridized carbons (Fsp3) is 0.167. The zero-order valence-corrected chi connectivity index (χ0v) is 13.9. The molecule has 4 aromatic rings. The van der Waals surface area contributed by atoms with E-state index in [1.807, 2.05) is 48.5 Å². The van der Waals surface area contributed by atoms with Crippen LogP contribution in [0.15, 0.2) is 54.6 Å². The molecule has 24 heavy (non-hydrogen) atoms. The van der Waals surface area contributed by atoms with Crippen molar-refractivity contribution in [1.82, 2.24) is 19.3 Å². The Hall–Kier alpha value is -2.73. The van der Waals surface area contributed by atoms with E-state index < -0.39 is 0 Å². The second-order valence-electron chi connectivity index (χ2n) is 5.52. The van der Waals surface area contributed by atoms with Gasteiger partial charge in [0.15, 0.2) is 5.82 Å². The highest BCUT2D eigenvalue weighted by molar-refractivity contribution is 7.09. The van der Waals surface area contributed by atoms with Gasteiger partial charge in [-0.15, -0.1) is 0 Å². The molecule has 0 aliphatic heterocycles. The van der Waals surface area contributed by atoms with Crippen molar-refractivity contribution in [3.8, 4) is 11.4 Å². The lowest BCUT2D eigenvalue weighted by Gasteiger charge is -2.00. The molecule has 0 atom stereocenters. The van der Waals surface area contributed by atoms with Gasteiger partial charge in [-0.3, -0.25) is 0 Å². The number of aromatic nitrogens is 4. The molecule has 0 spiro atoms. The first-order valence-corrected chi connectivity index (χ1v) is 8.72. The van der Waals surface area contributed by atoms with Crippen LogP contribution in [0.3, 0.4) is 0 Å². The van der Waals surface area contributed by atoms with Gasteiger partial charge in [0.1, 0.15) is 5.82 Å². The van der Waals surface area contributed by atoms with Gasteiger partial charge in [0.2, 0.25) is 5.13 Å². The highest BCUT2D eigenvalue weighted by Crippen LogP contribution is 2.20. The molecule has 0 unspecified atom stereocenters. The van der Waals surface area contributed by atoms with Gasteiger partial charge in [-0.2, -0.15) is 9.36 Å². The van der Waals surface area contributed by atoms with Crippen molar-refractivity contribution in [3.63, 3.8) is 0 Å². The number of para-hydroxylation sites is 2. The zero-order valence-electron chi connectivity index (χ0n) is 13.1. The number of H-pyrrole nitrogens is 1. The molecule has 0 amide bonds. The van der Waals surface area contributed by atoms with Gasteiger partial charge >= 0.3 is 0 Å². The summed E-state index contributed by atoms with van der Waals surface area (Å²) in [4.78, 5) is 12.5. The summed E-state index contributed by atoms with van der Waals surface area (Å²) >= 11 is 1.40. The number of hydrogen-bond donors (Lipinski definition) is 2. The Morgan fingerprint density at radius 1 is 0.958 bits per heavy atom. The van der Waals surface area contributed by atoms with Gasteiger partial charge in [0.05, 0.1) is 11.0 Å². The number of fused-ring (bicyclic) bond motifs is 1. The van der Waals surface area contributed by atoms with Crippen LogP contribution < -0.4 is 5.32 Å². The van der Waals surface area contributed by atoms with E-state index in [-0.39, 0.29) is 0 Å². The Bertz CT molecular complexity index is 896. The van der Waals surface area contributed by atoms with Crippen LogP contribution in [0.25, 0.3) is 22.4 Å². The molecule has 4 rings (SSSR count). The zero-order chi connectivity index (χ0) is 16.2. The Balaban J connectivity index is 1.30. The Morgan fingerprint density at radius 2 is 1.79 bits per heavy atom. The van der Waals surface area contributed by atoms with E-state index in [4.69, 9.17) is 0 Å². The van der Waals surface area contributed by atoms with Gasteiger partial charge < -0.3 is 10.3 Å². The molecule has 0 saturated heterocycles. The van der Waals surface area contributed by atoms with Crippen molar-refractivity contribution in [2.75, 3.05) is 11.9 Å². The third kappa shape index (κ3) is 3.28. The van der Waals surface area contributed by atoms with Crippen LogP contribution in [0.2, 0.25) is 0 Å². The molecule has 0 fully saturated rings. The van der Waals surface area contributed by atoms with Crippen molar-refractivity contribution < 1.29 is 0 Å². The summed E-state index contributed by atoms with van der Waals surface area (Å²) in [5.74, 6) is 1.81. The Kier molecular flexibility index (Phi) is 4.20. The molecular weight excluding hydrogens is 318 g/mol. The first kappa shape index (κ1) is 14.8. The van der Waals surface area contributed by atoms with Crippen molar-refractivity contribution in [2.24, 2.45) is 0 Å². The minimum atomic E-state index is 0.778. The molecule has 2 aromatic carbocycles. The topological polar surface area (TPSA) is 66.5 Å². The molecule has 2 aromatic heterocycles. The van der Waals surface area contributed by atoms with Crippen LogP contribution in [-0.4, -0.2) is 25.9 Å². The number of nitrogens with one attached hydrogen (secondary N) is 2. The van der Waals surface area contributed by atoms with Crippen molar-refractivity contribution >= 4 is 27.7 Å². The minimum absolute atomic E-state index is 0.778. The van der Waals surface area contributed by atoms with Crippen LogP contribution in [0.4, 0.5) is 5.13 Å². The maximum atomic E-state index is 4.59. The summed E-state index contributed by atoms with van der Waals surface area (Å²) in [6.45, 7) is 0.848. The van der Waals surface area contributed by atoms with E-state index in [1.165, 1.54) is 11.5 Å². The number of imidazole rings is 1. The third-order valence-electron chi connectivity index (χ3n) is 3.76. The number of anilines is 1. The number of nitrogens with zero attached hydrogens (tertiary/aromatic N) is 3. The van der Waals surface area contributed by atoms with Crippen molar-refractivity contribution in [1.29, 1.82) is 0 Å². The first-order chi connectivity index (χ1) is 11.9. The summed E-state index contributed by atoms with van der Waals surface area (Å²) < 4.78 is 4.40. The standard InChI is InChI=1S/C18H17N5S/c1-2-7-13(8-3-1)17-22-18(24-23-17)19-12-6-11-16-20-14-9-4-5-10-15(14)21-16/h1-5,7-10H,6,11-12H2,(H,20,21)(H,19,22,23). The van der Waals surface area contributed by atoms with E-state index in [0.717, 1.165) is 52.8 Å². The van der Waals surface area contributed by atoms with Gasteiger partial charge in [-0.05, 0) is 18.6 Å². The molecule has 0 aliphatic carbocycles. The summed E-state index contributed by atoms with van der Waals surface area (Å²) in [6, 6.07) is 18.1. The summed E-state index contributed by atoms with van der Waals surface area (Å²) in [5, 5.41) is 4.20. The second kappa shape index (κ2) is 6.80. The van der Waals surface area contributed by atoms with E-state index in [1.54, 1.807) is 0 Å². The van der Waals surface area contributed by atoms with Crippen LogP contribution in [-0.2, 0) is 6.42 Å². The molecular formula is C18H17N5S. The average Bonchev–Trinajstić information content (AvgIpc) is 3.26. The van der Waals surface area contributed by atoms with Gasteiger partial charge in [-0.1, -0.05) is 42.5 Å². The maximum absolute atomic E-state index is 4.59. The SMILES string of the molecule is c1ccc(-c2nsc(NCCCc3nc4ccccc4[nH]3)n2)cc1. The van der Waals surface area contributed by atoms with Crippen LogP contribution in [0.1, 0.15) is 12.2 Å². The highest BCUT2D eigenvalue weighted by atomic mass is 32.1. The highest BCUT2D eigenvalue weighted by Gasteiger charge is 2.06. The van der Waals surface area contributed by atoms with Gasteiger partial charge in [-0.25, -0.2) is 4.98 Å². The molecule has 0 radical (unpaired) electrons. The van der Waals surface area contributed by atoms with Crippen molar-refractivity contribution in [2.45, 2.75) is 12.8 Å². The van der Waals surface area contributed by atoms with E-state index in [0.29, 0.717) is 0 Å². The maximum Gasteiger partial charge on any atom is 0.202 e. The lowest BCUT2D eigenvalue weighted by atomic mass is 10.2. The molecule has 5 nitrogen and oxygen atoms in total. The number of hydrogen-bond acceptors (Lipinski definition) is 5. The quantitative estimate of drug-likeness (QED) is 0.520. The normalized spacial score (nSPS) is 11.0. The monoisotopic (exact) mass is 335 g/mol. The van der Waals surface area contributed by atoms with Crippen LogP contribution >= 0.6 is 11.5 Å². The second-order valence-corrected chi connectivity index (χ2v) is 6.27. The summed E-state index contributed by atoms with van der Waals surface area (Å²) in [7, 11) is 0. The molecule has 0 aliphatic rings. The molecule has 6 heteroatoms. The Morgan fingerprint density at radius 3 is 2.67 bits per heavy atom. The number of aromatic amines is 1. The fourth-order valence-corrected chi connectivity index (χ4v) is 3.19. The van der Waals surface area contributed by atoms with Crippen LogP contribution in [0, 0.1) is 0 Å². The lowest BCUT2D eigenvalue weighted by molar-refractivity contribution is 0.819. The molecule has 2 N–H and O–H groups in total. The third-order valence-corrected chi connectivity index (χ3v) is 4.44. The van der Waals surface area contributed by atoms with E-state index in [9.17, 15) is 0 Å². The molecule has 0 bridgehead atoms.